The average Bonchev–Trinajstić information content (AvgIpc) is 2.83. The fourth-order valence-corrected chi connectivity index (χ4v) is 4.73. The first-order valence-electron chi connectivity index (χ1n) is 7.43. The first-order valence-corrected chi connectivity index (χ1v) is 9.04. The molecule has 1 aliphatic rings. The van der Waals surface area contributed by atoms with Crippen molar-refractivity contribution in [2.24, 2.45) is 0 Å². The largest absolute Gasteiger partial charge is 0.492 e. The third-order valence-electron chi connectivity index (χ3n) is 3.99. The molecule has 0 amide bonds. The number of rotatable bonds is 6. The number of nitrogens with two attached hydrogens (primary N) is 1. The molecule has 0 saturated carbocycles. The van der Waals surface area contributed by atoms with E-state index in [1.807, 2.05) is 13.8 Å². The van der Waals surface area contributed by atoms with Gasteiger partial charge in [0.2, 0.25) is 10.0 Å². The van der Waals surface area contributed by atoms with Crippen molar-refractivity contribution in [1.82, 2.24) is 4.31 Å². The highest BCUT2D eigenvalue weighted by atomic mass is 32.2. The molecule has 1 heterocycles. The second-order valence-corrected chi connectivity index (χ2v) is 7.55. The Hall–Kier alpha value is -1.27. The van der Waals surface area contributed by atoms with Crippen molar-refractivity contribution >= 4 is 15.7 Å². The van der Waals surface area contributed by atoms with Gasteiger partial charge in [0.25, 0.3) is 0 Å². The highest BCUT2D eigenvalue weighted by molar-refractivity contribution is 7.89. The molecule has 2 unspecified atom stereocenters. The van der Waals surface area contributed by atoms with Crippen LogP contribution >= 0.6 is 0 Å². The zero-order valence-electron chi connectivity index (χ0n) is 12.7. The monoisotopic (exact) mass is 312 g/mol. The number of nitrogens with zero attached hydrogens (tertiary/aromatic N) is 1. The second-order valence-electron chi connectivity index (χ2n) is 5.55. The van der Waals surface area contributed by atoms with Crippen LogP contribution in [0.25, 0.3) is 0 Å². The Morgan fingerprint density at radius 2 is 1.95 bits per heavy atom. The van der Waals surface area contributed by atoms with Crippen LogP contribution in [-0.2, 0) is 10.0 Å². The van der Waals surface area contributed by atoms with Gasteiger partial charge in [0.1, 0.15) is 12.4 Å². The van der Waals surface area contributed by atoms with Crippen molar-refractivity contribution in [2.45, 2.75) is 45.2 Å². The summed E-state index contributed by atoms with van der Waals surface area (Å²) in [5.74, 6) is 0.652. The standard InChI is InChI=1S/C15H24N2O3S/c1-3-14-7-4-12(2)17(14)21(18,19)11-10-20-15-8-5-13(16)6-9-15/h5-6,8-9,12,14H,3-4,7,10-11,16H2,1-2H3. The Morgan fingerprint density at radius 1 is 1.29 bits per heavy atom. The van der Waals surface area contributed by atoms with Crippen LogP contribution in [0.5, 0.6) is 5.75 Å². The first-order chi connectivity index (χ1) is 9.94. The summed E-state index contributed by atoms with van der Waals surface area (Å²) in [5, 5.41) is 0. The van der Waals surface area contributed by atoms with Crippen LogP contribution < -0.4 is 10.5 Å². The fourth-order valence-electron chi connectivity index (χ4n) is 2.87. The van der Waals surface area contributed by atoms with Gasteiger partial charge in [-0.1, -0.05) is 6.92 Å². The summed E-state index contributed by atoms with van der Waals surface area (Å²) in [6.45, 7) is 4.18. The summed E-state index contributed by atoms with van der Waals surface area (Å²) < 4.78 is 32.1. The Kier molecular flexibility index (Phi) is 5.11. The van der Waals surface area contributed by atoms with Crippen LogP contribution in [0.4, 0.5) is 5.69 Å². The van der Waals surface area contributed by atoms with Gasteiger partial charge in [-0.05, 0) is 50.5 Å². The minimum atomic E-state index is -3.27. The third-order valence-corrected chi connectivity index (χ3v) is 5.98. The Morgan fingerprint density at radius 3 is 2.57 bits per heavy atom. The summed E-state index contributed by atoms with van der Waals surface area (Å²) in [6, 6.07) is 7.20. The number of hydrogen-bond acceptors (Lipinski definition) is 4. The van der Waals surface area contributed by atoms with E-state index in [1.54, 1.807) is 28.6 Å². The normalized spacial score (nSPS) is 23.3. The molecule has 0 aliphatic carbocycles. The zero-order valence-corrected chi connectivity index (χ0v) is 13.5. The van der Waals surface area contributed by atoms with Crippen LogP contribution in [0.1, 0.15) is 33.1 Å². The molecule has 1 aromatic carbocycles. The van der Waals surface area contributed by atoms with E-state index in [1.165, 1.54) is 0 Å². The van der Waals surface area contributed by atoms with Crippen LogP contribution in [0.15, 0.2) is 24.3 Å². The maximum atomic E-state index is 12.5. The van der Waals surface area contributed by atoms with E-state index in [-0.39, 0.29) is 24.4 Å². The molecule has 2 atom stereocenters. The van der Waals surface area contributed by atoms with Crippen molar-refractivity contribution < 1.29 is 13.2 Å². The predicted octanol–water partition coefficient (Wildman–Crippen LogP) is 2.24. The lowest BCUT2D eigenvalue weighted by molar-refractivity contribution is 0.311. The molecule has 1 fully saturated rings. The quantitative estimate of drug-likeness (QED) is 0.818. The van der Waals surface area contributed by atoms with Gasteiger partial charge in [0, 0.05) is 17.8 Å². The van der Waals surface area contributed by atoms with E-state index in [0.717, 1.165) is 19.3 Å². The Labute approximate surface area is 127 Å². The molecule has 5 nitrogen and oxygen atoms in total. The topological polar surface area (TPSA) is 72.6 Å². The van der Waals surface area contributed by atoms with Crippen molar-refractivity contribution in [3.8, 4) is 5.75 Å². The van der Waals surface area contributed by atoms with E-state index < -0.39 is 10.0 Å². The molecule has 2 rings (SSSR count). The summed E-state index contributed by atoms with van der Waals surface area (Å²) in [5.41, 5.74) is 6.25. The number of sulfonamides is 1. The first kappa shape index (κ1) is 16.1. The van der Waals surface area contributed by atoms with E-state index in [4.69, 9.17) is 10.5 Å². The fraction of sp³-hybridized carbons (Fsp3) is 0.600. The molecule has 0 bridgehead atoms. The molecule has 21 heavy (non-hydrogen) atoms. The van der Waals surface area contributed by atoms with Gasteiger partial charge in [-0.15, -0.1) is 0 Å². The van der Waals surface area contributed by atoms with Gasteiger partial charge in [-0.25, -0.2) is 8.42 Å². The Bertz CT molecular complexity index is 557. The number of benzene rings is 1. The third kappa shape index (κ3) is 3.89. The van der Waals surface area contributed by atoms with E-state index in [0.29, 0.717) is 11.4 Å². The summed E-state index contributed by atoms with van der Waals surface area (Å²) >= 11 is 0. The lowest BCUT2D eigenvalue weighted by Crippen LogP contribution is -2.42. The molecule has 1 aliphatic heterocycles. The molecule has 2 N–H and O–H groups in total. The maximum absolute atomic E-state index is 12.5. The van der Waals surface area contributed by atoms with Crippen molar-refractivity contribution in [3.63, 3.8) is 0 Å². The molecule has 0 spiro atoms. The molecular formula is C15H24N2O3S. The molecule has 0 radical (unpaired) electrons. The highest BCUT2D eigenvalue weighted by Crippen LogP contribution is 2.29. The molecule has 1 saturated heterocycles. The molecule has 0 aromatic heterocycles. The van der Waals surface area contributed by atoms with Crippen LogP contribution in [0.3, 0.4) is 0 Å². The minimum absolute atomic E-state index is 0.0121. The molecule has 118 valence electrons. The lowest BCUT2D eigenvalue weighted by atomic mass is 10.2. The minimum Gasteiger partial charge on any atom is -0.492 e. The second kappa shape index (κ2) is 6.66. The van der Waals surface area contributed by atoms with Crippen molar-refractivity contribution in [3.05, 3.63) is 24.3 Å². The summed E-state index contributed by atoms with van der Waals surface area (Å²) in [6.07, 6.45) is 2.76. The van der Waals surface area contributed by atoms with Crippen LogP contribution in [0.2, 0.25) is 0 Å². The number of hydrogen-bond donors (Lipinski definition) is 1. The van der Waals surface area contributed by atoms with E-state index >= 15 is 0 Å². The lowest BCUT2D eigenvalue weighted by Gasteiger charge is -2.26. The van der Waals surface area contributed by atoms with Gasteiger partial charge in [0.05, 0.1) is 5.75 Å². The number of ether oxygens (including phenoxy) is 1. The van der Waals surface area contributed by atoms with Crippen molar-refractivity contribution in [2.75, 3.05) is 18.1 Å². The van der Waals surface area contributed by atoms with E-state index in [9.17, 15) is 8.42 Å². The van der Waals surface area contributed by atoms with Gasteiger partial charge >= 0.3 is 0 Å². The zero-order chi connectivity index (χ0) is 15.5. The molecule has 6 heteroatoms. The van der Waals surface area contributed by atoms with Crippen molar-refractivity contribution in [1.29, 1.82) is 0 Å². The van der Waals surface area contributed by atoms with E-state index in [2.05, 4.69) is 0 Å². The van der Waals surface area contributed by atoms with Crippen LogP contribution in [-0.4, -0.2) is 37.2 Å². The van der Waals surface area contributed by atoms with Gasteiger partial charge in [-0.2, -0.15) is 4.31 Å². The van der Waals surface area contributed by atoms with Gasteiger partial charge in [-0.3, -0.25) is 0 Å². The van der Waals surface area contributed by atoms with Gasteiger partial charge < -0.3 is 10.5 Å². The molecular weight excluding hydrogens is 288 g/mol. The maximum Gasteiger partial charge on any atom is 0.217 e. The SMILES string of the molecule is CCC1CCC(C)N1S(=O)(=O)CCOc1ccc(N)cc1. The summed E-state index contributed by atoms with van der Waals surface area (Å²) in [4.78, 5) is 0. The van der Waals surface area contributed by atoms with Gasteiger partial charge in [0.15, 0.2) is 0 Å². The van der Waals surface area contributed by atoms with Crippen LogP contribution in [0, 0.1) is 0 Å². The average molecular weight is 312 g/mol. The molecule has 1 aromatic rings. The number of nitrogen functional groups attached to an aromatic ring is 1. The number of anilines is 1. The Balaban J connectivity index is 1.93. The summed E-state index contributed by atoms with van der Waals surface area (Å²) in [7, 11) is -3.27. The predicted molar refractivity (Wildman–Crippen MR) is 84.8 cm³/mol. The highest BCUT2D eigenvalue weighted by Gasteiger charge is 2.37. The smallest absolute Gasteiger partial charge is 0.217 e.